The highest BCUT2D eigenvalue weighted by Crippen LogP contribution is 2.25. The molecule has 2 aromatic rings. The number of hydrogen-bond acceptors (Lipinski definition) is 4. The Morgan fingerprint density at radius 3 is 2.86 bits per heavy atom. The van der Waals surface area contributed by atoms with Gasteiger partial charge in [0.25, 0.3) is 0 Å². The van der Waals surface area contributed by atoms with E-state index in [1.54, 1.807) is 6.20 Å². The number of benzene rings is 1. The Bertz CT molecular complexity index is 678. The first-order valence-electron chi connectivity index (χ1n) is 7.34. The highest BCUT2D eigenvalue weighted by molar-refractivity contribution is 6.32. The van der Waals surface area contributed by atoms with Crippen LogP contribution in [0.1, 0.15) is 17.5 Å². The topological polar surface area (TPSA) is 52.0 Å². The van der Waals surface area contributed by atoms with Crippen LogP contribution in [0.5, 0.6) is 0 Å². The maximum absolute atomic E-state index is 8.80. The Morgan fingerprint density at radius 1 is 1.32 bits per heavy atom. The van der Waals surface area contributed by atoms with E-state index in [2.05, 4.69) is 21.3 Å². The van der Waals surface area contributed by atoms with E-state index in [-0.39, 0.29) is 0 Å². The van der Waals surface area contributed by atoms with Crippen LogP contribution in [0.4, 0.5) is 5.82 Å². The van der Waals surface area contributed by atoms with Gasteiger partial charge in [-0.1, -0.05) is 23.7 Å². The highest BCUT2D eigenvalue weighted by Gasteiger charge is 2.24. The van der Waals surface area contributed by atoms with E-state index in [1.807, 2.05) is 36.4 Å². The number of anilines is 1. The lowest BCUT2D eigenvalue weighted by molar-refractivity contribution is 0.551. The molecular formula is C17H17ClN4. The minimum atomic E-state index is 0.425. The molecule has 112 valence electrons. The molecule has 1 atom stereocenters. The monoisotopic (exact) mass is 312 g/mol. The zero-order valence-electron chi connectivity index (χ0n) is 12.2. The Balaban J connectivity index is 1.55. The molecule has 0 aliphatic carbocycles. The van der Waals surface area contributed by atoms with Crippen molar-refractivity contribution in [3.8, 4) is 6.07 Å². The first-order valence-corrected chi connectivity index (χ1v) is 7.72. The normalized spacial score (nSPS) is 17.5. The number of rotatable bonds is 4. The summed E-state index contributed by atoms with van der Waals surface area (Å²) in [6.07, 6.45) is 2.85. The molecule has 1 saturated heterocycles. The van der Waals surface area contributed by atoms with Gasteiger partial charge < -0.3 is 10.2 Å². The number of pyridine rings is 1. The number of aromatic nitrogens is 1. The molecular weight excluding hydrogens is 296 g/mol. The number of nitriles is 1. The molecule has 22 heavy (non-hydrogen) atoms. The summed E-state index contributed by atoms with van der Waals surface area (Å²) in [6, 6.07) is 14.0. The standard InChI is InChI=1S/C17H17ClN4/c18-16-2-1-8-20-17(16)22-9-7-15(12-22)21-11-14-5-3-13(10-19)4-6-14/h1-6,8,15,21H,7,9,11-12H2/t15-/m1/s1. The minimum absolute atomic E-state index is 0.425. The van der Waals surface area contributed by atoms with Crippen LogP contribution in [0.15, 0.2) is 42.6 Å². The van der Waals surface area contributed by atoms with Gasteiger partial charge in [0.1, 0.15) is 5.82 Å². The van der Waals surface area contributed by atoms with Crippen molar-refractivity contribution in [3.63, 3.8) is 0 Å². The molecule has 0 amide bonds. The van der Waals surface area contributed by atoms with Crippen molar-refractivity contribution in [3.05, 3.63) is 58.7 Å². The molecule has 5 heteroatoms. The molecule has 1 aromatic heterocycles. The van der Waals surface area contributed by atoms with E-state index in [0.29, 0.717) is 16.6 Å². The second-order valence-corrected chi connectivity index (χ2v) is 5.84. The van der Waals surface area contributed by atoms with Crippen LogP contribution < -0.4 is 10.2 Å². The van der Waals surface area contributed by atoms with Crippen LogP contribution in [0.2, 0.25) is 5.02 Å². The second kappa shape index (κ2) is 6.78. The Morgan fingerprint density at radius 2 is 2.14 bits per heavy atom. The number of nitrogens with one attached hydrogen (secondary N) is 1. The summed E-state index contributed by atoms with van der Waals surface area (Å²) in [6.45, 7) is 2.68. The minimum Gasteiger partial charge on any atom is -0.354 e. The third-order valence-corrected chi connectivity index (χ3v) is 4.20. The van der Waals surface area contributed by atoms with Gasteiger partial charge in [0.2, 0.25) is 0 Å². The molecule has 0 unspecified atom stereocenters. The molecule has 4 nitrogen and oxygen atoms in total. The first kappa shape index (κ1) is 14.8. The second-order valence-electron chi connectivity index (χ2n) is 5.43. The van der Waals surface area contributed by atoms with Crippen LogP contribution in [0.3, 0.4) is 0 Å². The number of hydrogen-bond donors (Lipinski definition) is 1. The molecule has 0 radical (unpaired) electrons. The van der Waals surface area contributed by atoms with Crippen LogP contribution in [-0.2, 0) is 6.54 Å². The lowest BCUT2D eigenvalue weighted by atomic mass is 10.1. The zero-order valence-corrected chi connectivity index (χ0v) is 12.9. The van der Waals surface area contributed by atoms with Gasteiger partial charge >= 0.3 is 0 Å². The Labute approximate surface area is 135 Å². The summed E-state index contributed by atoms with van der Waals surface area (Å²) in [4.78, 5) is 6.59. The van der Waals surface area contributed by atoms with E-state index < -0.39 is 0 Å². The van der Waals surface area contributed by atoms with Gasteiger partial charge in [-0.05, 0) is 36.2 Å². The summed E-state index contributed by atoms with van der Waals surface area (Å²) < 4.78 is 0. The van der Waals surface area contributed by atoms with Crippen LogP contribution in [0, 0.1) is 11.3 Å². The highest BCUT2D eigenvalue weighted by atomic mass is 35.5. The lowest BCUT2D eigenvalue weighted by Gasteiger charge is -2.19. The van der Waals surface area contributed by atoms with Crippen molar-refractivity contribution in [2.75, 3.05) is 18.0 Å². The predicted molar refractivity (Wildman–Crippen MR) is 87.9 cm³/mol. The fourth-order valence-electron chi connectivity index (χ4n) is 2.69. The van der Waals surface area contributed by atoms with Gasteiger partial charge in [0.15, 0.2) is 0 Å². The molecule has 1 aliphatic rings. The summed E-state index contributed by atoms with van der Waals surface area (Å²) in [5.74, 6) is 0.867. The summed E-state index contributed by atoms with van der Waals surface area (Å²) in [7, 11) is 0. The quantitative estimate of drug-likeness (QED) is 0.943. The van der Waals surface area contributed by atoms with Gasteiger partial charge in [-0.15, -0.1) is 0 Å². The maximum atomic E-state index is 8.80. The summed E-state index contributed by atoms with van der Waals surface area (Å²) in [5.41, 5.74) is 1.88. The fourth-order valence-corrected chi connectivity index (χ4v) is 2.93. The number of halogens is 1. The van der Waals surface area contributed by atoms with E-state index >= 15 is 0 Å². The van der Waals surface area contributed by atoms with Crippen molar-refractivity contribution in [2.24, 2.45) is 0 Å². The van der Waals surface area contributed by atoms with Crippen molar-refractivity contribution in [1.82, 2.24) is 10.3 Å². The molecule has 1 N–H and O–H groups in total. The average molecular weight is 313 g/mol. The van der Waals surface area contributed by atoms with E-state index in [4.69, 9.17) is 16.9 Å². The van der Waals surface area contributed by atoms with Gasteiger partial charge in [-0.25, -0.2) is 4.98 Å². The van der Waals surface area contributed by atoms with Gasteiger partial charge in [0, 0.05) is 31.9 Å². The maximum Gasteiger partial charge on any atom is 0.147 e. The molecule has 0 saturated carbocycles. The lowest BCUT2D eigenvalue weighted by Crippen LogP contribution is -2.32. The zero-order chi connectivity index (χ0) is 15.4. The van der Waals surface area contributed by atoms with E-state index in [1.165, 1.54) is 5.56 Å². The van der Waals surface area contributed by atoms with Gasteiger partial charge in [-0.3, -0.25) is 0 Å². The van der Waals surface area contributed by atoms with E-state index in [0.717, 1.165) is 31.9 Å². The average Bonchev–Trinajstić information content (AvgIpc) is 3.02. The molecule has 2 heterocycles. The molecule has 1 aromatic carbocycles. The molecule has 1 fully saturated rings. The van der Waals surface area contributed by atoms with Crippen LogP contribution in [-0.4, -0.2) is 24.1 Å². The Hall–Kier alpha value is -2.09. The van der Waals surface area contributed by atoms with Crippen LogP contribution in [0.25, 0.3) is 0 Å². The number of nitrogens with zero attached hydrogens (tertiary/aromatic N) is 3. The SMILES string of the molecule is N#Cc1ccc(CN[C@@H]2CCN(c3ncccc3Cl)C2)cc1. The summed E-state index contributed by atoms with van der Waals surface area (Å²) >= 11 is 6.20. The largest absolute Gasteiger partial charge is 0.354 e. The third kappa shape index (κ3) is 3.38. The smallest absolute Gasteiger partial charge is 0.147 e. The molecule has 3 rings (SSSR count). The first-order chi connectivity index (χ1) is 10.8. The molecule has 1 aliphatic heterocycles. The van der Waals surface area contributed by atoms with Gasteiger partial charge in [0.05, 0.1) is 16.7 Å². The third-order valence-electron chi connectivity index (χ3n) is 3.90. The fraction of sp³-hybridized carbons (Fsp3) is 0.294. The predicted octanol–water partition coefficient (Wildman–Crippen LogP) is 2.98. The van der Waals surface area contributed by atoms with Crippen molar-refractivity contribution in [1.29, 1.82) is 5.26 Å². The van der Waals surface area contributed by atoms with Crippen LogP contribution >= 0.6 is 11.6 Å². The summed E-state index contributed by atoms with van der Waals surface area (Å²) in [5, 5.41) is 13.1. The van der Waals surface area contributed by atoms with Crippen molar-refractivity contribution >= 4 is 17.4 Å². The molecule has 0 bridgehead atoms. The van der Waals surface area contributed by atoms with Crippen molar-refractivity contribution in [2.45, 2.75) is 19.0 Å². The Kier molecular flexibility index (Phi) is 4.57. The molecule has 0 spiro atoms. The van der Waals surface area contributed by atoms with Crippen molar-refractivity contribution < 1.29 is 0 Å². The van der Waals surface area contributed by atoms with E-state index in [9.17, 15) is 0 Å². The van der Waals surface area contributed by atoms with Gasteiger partial charge in [-0.2, -0.15) is 5.26 Å².